The van der Waals surface area contributed by atoms with Gasteiger partial charge in [0.1, 0.15) is 5.69 Å². The zero-order chi connectivity index (χ0) is 13.5. The highest BCUT2D eigenvalue weighted by Crippen LogP contribution is 2.09. The Balaban J connectivity index is 2.70. The van der Waals surface area contributed by atoms with Gasteiger partial charge >= 0.3 is 0 Å². The van der Waals surface area contributed by atoms with E-state index < -0.39 is 0 Å². The standard InChI is InChI=1S/C12H21N5O/c1-5-8(3)7-10(6-2)15-17-12-13-11(18)9(4)14-16-12/h8H,5-7H2,1-4H3,(H2,13,16,17,18)/b15-10+. The second kappa shape index (κ2) is 6.88. The molecule has 1 heterocycles. The fourth-order valence-corrected chi connectivity index (χ4v) is 1.39. The number of aryl methyl sites for hydroxylation is 1. The van der Waals surface area contributed by atoms with Gasteiger partial charge in [0.2, 0.25) is 5.95 Å². The van der Waals surface area contributed by atoms with Crippen molar-refractivity contribution >= 4 is 11.7 Å². The number of hydrazone groups is 1. The molecule has 0 aliphatic heterocycles. The molecule has 0 fully saturated rings. The second-order valence-electron chi connectivity index (χ2n) is 4.45. The predicted octanol–water partition coefficient (Wildman–Crippen LogP) is 2.09. The number of hydrogen-bond donors (Lipinski definition) is 2. The largest absolute Gasteiger partial charge is 0.288 e. The average Bonchev–Trinajstić information content (AvgIpc) is 2.38. The minimum absolute atomic E-state index is 0.248. The molecule has 1 atom stereocenters. The number of aromatic nitrogens is 3. The molecule has 0 saturated carbocycles. The molecule has 2 N–H and O–H groups in total. The zero-order valence-electron chi connectivity index (χ0n) is 11.4. The lowest BCUT2D eigenvalue weighted by molar-refractivity contribution is 0.583. The highest BCUT2D eigenvalue weighted by molar-refractivity contribution is 5.84. The molecule has 0 aromatic carbocycles. The SMILES string of the molecule is CC/C(CC(C)CC)=N\Nc1nnc(C)c(=O)[nH]1. The number of rotatable bonds is 6. The van der Waals surface area contributed by atoms with Crippen molar-refractivity contribution in [2.24, 2.45) is 11.0 Å². The van der Waals surface area contributed by atoms with E-state index in [2.05, 4.69) is 46.5 Å². The van der Waals surface area contributed by atoms with Gasteiger partial charge in [-0.25, -0.2) is 5.43 Å². The normalized spacial score (nSPS) is 13.4. The fraction of sp³-hybridized carbons (Fsp3) is 0.667. The van der Waals surface area contributed by atoms with Crippen LogP contribution in [0.5, 0.6) is 0 Å². The van der Waals surface area contributed by atoms with Gasteiger partial charge in [-0.2, -0.15) is 5.10 Å². The molecular weight excluding hydrogens is 230 g/mol. The van der Waals surface area contributed by atoms with Crippen molar-refractivity contribution < 1.29 is 0 Å². The first-order valence-corrected chi connectivity index (χ1v) is 6.31. The topological polar surface area (TPSA) is 83.0 Å². The number of nitrogens with zero attached hydrogens (tertiary/aromatic N) is 3. The van der Waals surface area contributed by atoms with Crippen LogP contribution in [0.25, 0.3) is 0 Å². The van der Waals surface area contributed by atoms with E-state index in [1.54, 1.807) is 6.92 Å². The third-order valence-electron chi connectivity index (χ3n) is 2.87. The third kappa shape index (κ3) is 4.27. The lowest BCUT2D eigenvalue weighted by Crippen LogP contribution is -2.16. The summed E-state index contributed by atoms with van der Waals surface area (Å²) in [5.74, 6) is 0.884. The molecule has 6 nitrogen and oxygen atoms in total. The first-order valence-electron chi connectivity index (χ1n) is 6.31. The van der Waals surface area contributed by atoms with E-state index in [0.717, 1.165) is 25.0 Å². The Morgan fingerprint density at radius 3 is 2.72 bits per heavy atom. The van der Waals surface area contributed by atoms with E-state index in [1.165, 1.54) is 0 Å². The minimum Gasteiger partial charge on any atom is -0.288 e. The van der Waals surface area contributed by atoms with Gasteiger partial charge in [-0.1, -0.05) is 27.2 Å². The third-order valence-corrected chi connectivity index (χ3v) is 2.87. The predicted molar refractivity (Wildman–Crippen MR) is 72.8 cm³/mol. The number of H-pyrrole nitrogens is 1. The summed E-state index contributed by atoms with van der Waals surface area (Å²) in [5, 5.41) is 11.8. The van der Waals surface area contributed by atoms with Crippen LogP contribution in [0, 0.1) is 12.8 Å². The van der Waals surface area contributed by atoms with Crippen LogP contribution in [-0.2, 0) is 0 Å². The lowest BCUT2D eigenvalue weighted by Gasteiger charge is -2.09. The molecule has 1 aromatic rings. The van der Waals surface area contributed by atoms with Gasteiger partial charge in [0, 0.05) is 5.71 Å². The molecule has 0 amide bonds. The Hall–Kier alpha value is -1.72. The molecule has 18 heavy (non-hydrogen) atoms. The molecule has 0 saturated heterocycles. The van der Waals surface area contributed by atoms with E-state index >= 15 is 0 Å². The fourth-order valence-electron chi connectivity index (χ4n) is 1.39. The quantitative estimate of drug-likeness (QED) is 0.599. The van der Waals surface area contributed by atoms with Gasteiger partial charge in [0.05, 0.1) is 0 Å². The van der Waals surface area contributed by atoms with Crippen LogP contribution >= 0.6 is 0 Å². The smallest absolute Gasteiger partial charge is 0.274 e. The van der Waals surface area contributed by atoms with Crippen LogP contribution in [0.1, 0.15) is 45.7 Å². The summed E-state index contributed by atoms with van der Waals surface area (Å²) in [6.45, 7) is 8.03. The number of anilines is 1. The summed E-state index contributed by atoms with van der Waals surface area (Å²) >= 11 is 0. The number of nitrogens with one attached hydrogen (secondary N) is 2. The summed E-state index contributed by atoms with van der Waals surface area (Å²) in [6.07, 6.45) is 2.95. The van der Waals surface area contributed by atoms with Crippen molar-refractivity contribution in [1.82, 2.24) is 15.2 Å². The first kappa shape index (κ1) is 14.3. The molecule has 100 valence electrons. The molecule has 6 heteroatoms. The van der Waals surface area contributed by atoms with Crippen LogP contribution in [0.3, 0.4) is 0 Å². The van der Waals surface area contributed by atoms with Gasteiger partial charge < -0.3 is 0 Å². The molecular formula is C12H21N5O. The Morgan fingerprint density at radius 2 is 2.17 bits per heavy atom. The highest BCUT2D eigenvalue weighted by Gasteiger charge is 2.04. The summed E-state index contributed by atoms with van der Waals surface area (Å²) in [5.41, 5.74) is 3.91. The monoisotopic (exact) mass is 251 g/mol. The van der Waals surface area contributed by atoms with Gasteiger partial charge in [-0.15, -0.1) is 10.2 Å². The van der Waals surface area contributed by atoms with Crippen molar-refractivity contribution in [1.29, 1.82) is 0 Å². The summed E-state index contributed by atoms with van der Waals surface area (Å²) in [4.78, 5) is 13.9. The summed E-state index contributed by atoms with van der Waals surface area (Å²) in [7, 11) is 0. The highest BCUT2D eigenvalue weighted by atomic mass is 16.1. The van der Waals surface area contributed by atoms with E-state index in [1.807, 2.05) is 0 Å². The Labute approximate surface area is 107 Å². The maximum atomic E-state index is 11.3. The lowest BCUT2D eigenvalue weighted by atomic mass is 10.0. The van der Waals surface area contributed by atoms with Gasteiger partial charge in [0.25, 0.3) is 5.56 Å². The van der Waals surface area contributed by atoms with Gasteiger partial charge in [0.15, 0.2) is 0 Å². The molecule has 0 radical (unpaired) electrons. The Bertz CT molecular complexity index is 466. The molecule has 0 spiro atoms. The van der Waals surface area contributed by atoms with Crippen molar-refractivity contribution in [2.45, 2.75) is 47.0 Å². The van der Waals surface area contributed by atoms with Crippen LogP contribution in [0.15, 0.2) is 9.90 Å². The van der Waals surface area contributed by atoms with Crippen LogP contribution in [0.4, 0.5) is 5.95 Å². The molecule has 0 aliphatic carbocycles. The van der Waals surface area contributed by atoms with Crippen LogP contribution in [-0.4, -0.2) is 20.9 Å². The zero-order valence-corrected chi connectivity index (χ0v) is 11.4. The second-order valence-corrected chi connectivity index (χ2v) is 4.45. The summed E-state index contributed by atoms with van der Waals surface area (Å²) < 4.78 is 0. The van der Waals surface area contributed by atoms with Crippen LogP contribution in [0.2, 0.25) is 0 Å². The van der Waals surface area contributed by atoms with E-state index in [-0.39, 0.29) is 11.5 Å². The average molecular weight is 251 g/mol. The van der Waals surface area contributed by atoms with Crippen molar-refractivity contribution in [2.75, 3.05) is 5.43 Å². The molecule has 0 bridgehead atoms. The van der Waals surface area contributed by atoms with Crippen molar-refractivity contribution in [3.8, 4) is 0 Å². The van der Waals surface area contributed by atoms with E-state index in [4.69, 9.17) is 0 Å². The molecule has 1 unspecified atom stereocenters. The van der Waals surface area contributed by atoms with Gasteiger partial charge in [-0.3, -0.25) is 9.78 Å². The number of aromatic amines is 1. The van der Waals surface area contributed by atoms with Crippen molar-refractivity contribution in [3.63, 3.8) is 0 Å². The van der Waals surface area contributed by atoms with E-state index in [0.29, 0.717) is 11.6 Å². The van der Waals surface area contributed by atoms with E-state index in [9.17, 15) is 4.79 Å². The molecule has 1 rings (SSSR count). The maximum Gasteiger partial charge on any atom is 0.274 e. The van der Waals surface area contributed by atoms with Gasteiger partial charge in [-0.05, 0) is 25.7 Å². The van der Waals surface area contributed by atoms with Crippen molar-refractivity contribution in [3.05, 3.63) is 16.0 Å². The molecule has 1 aromatic heterocycles. The Morgan fingerprint density at radius 1 is 1.44 bits per heavy atom. The summed E-state index contributed by atoms with van der Waals surface area (Å²) in [6, 6.07) is 0. The Kier molecular flexibility index (Phi) is 5.48. The maximum absolute atomic E-state index is 11.3. The number of hydrogen-bond acceptors (Lipinski definition) is 5. The minimum atomic E-state index is -0.248. The molecule has 0 aliphatic rings. The first-order chi connectivity index (χ1) is 8.56. The van der Waals surface area contributed by atoms with Crippen LogP contribution < -0.4 is 11.0 Å².